The van der Waals surface area contributed by atoms with Gasteiger partial charge in [0.05, 0.1) is 11.2 Å². The molecule has 0 amide bonds. The summed E-state index contributed by atoms with van der Waals surface area (Å²) in [5.41, 5.74) is -1.71. The van der Waals surface area contributed by atoms with E-state index in [2.05, 4.69) is 10.3 Å². The van der Waals surface area contributed by atoms with Crippen LogP contribution in [0, 0.1) is 0 Å². The molecule has 19 heavy (non-hydrogen) atoms. The number of nitrogens with one attached hydrogen (secondary N) is 1. The lowest BCUT2D eigenvalue weighted by Gasteiger charge is -2.32. The molecule has 0 unspecified atom stereocenters. The minimum Gasteiger partial charge on any atom is -0.388 e. The van der Waals surface area contributed by atoms with Gasteiger partial charge in [0.15, 0.2) is 0 Å². The summed E-state index contributed by atoms with van der Waals surface area (Å²) < 4.78 is 42.7. The van der Waals surface area contributed by atoms with Crippen LogP contribution in [0.25, 0.3) is 0 Å². The largest absolute Gasteiger partial charge is 0.416 e. The Morgan fingerprint density at radius 1 is 1.37 bits per heavy atom. The van der Waals surface area contributed by atoms with E-state index in [9.17, 15) is 18.3 Å². The van der Waals surface area contributed by atoms with Gasteiger partial charge in [0.25, 0.3) is 0 Å². The van der Waals surface area contributed by atoms with Crippen molar-refractivity contribution >= 4 is 5.82 Å². The Hall–Kier alpha value is -1.34. The van der Waals surface area contributed by atoms with Gasteiger partial charge < -0.3 is 15.2 Å². The van der Waals surface area contributed by atoms with Crippen molar-refractivity contribution in [2.75, 3.05) is 25.1 Å². The molecule has 0 saturated carbocycles. The molecule has 0 spiro atoms. The van der Waals surface area contributed by atoms with Gasteiger partial charge in [-0.05, 0) is 12.1 Å². The Morgan fingerprint density at radius 2 is 2.05 bits per heavy atom. The van der Waals surface area contributed by atoms with Gasteiger partial charge in [0, 0.05) is 38.8 Å². The number of anilines is 1. The van der Waals surface area contributed by atoms with Crippen molar-refractivity contribution in [2.45, 2.75) is 24.6 Å². The summed E-state index contributed by atoms with van der Waals surface area (Å²) in [5, 5.41) is 12.9. The molecule has 2 heterocycles. The topological polar surface area (TPSA) is 54.4 Å². The monoisotopic (exact) mass is 276 g/mol. The number of hydrogen-bond acceptors (Lipinski definition) is 4. The van der Waals surface area contributed by atoms with Crippen LogP contribution in [0.15, 0.2) is 18.3 Å². The highest BCUT2D eigenvalue weighted by molar-refractivity contribution is 5.39. The van der Waals surface area contributed by atoms with Gasteiger partial charge in [-0.25, -0.2) is 4.98 Å². The number of aromatic nitrogens is 1. The van der Waals surface area contributed by atoms with Gasteiger partial charge in [-0.15, -0.1) is 0 Å². The Labute approximate surface area is 108 Å². The molecule has 1 aliphatic rings. The highest BCUT2D eigenvalue weighted by atomic mass is 19.4. The first kappa shape index (κ1) is 14.1. The van der Waals surface area contributed by atoms with E-state index in [1.807, 2.05) is 0 Å². The molecule has 7 heteroatoms. The molecule has 2 rings (SSSR count). The number of hydrogen-bond donors (Lipinski definition) is 2. The van der Waals surface area contributed by atoms with Crippen LogP contribution in [0.3, 0.4) is 0 Å². The summed E-state index contributed by atoms with van der Waals surface area (Å²) in [4.78, 5) is 3.81. The molecule has 1 fully saturated rings. The summed E-state index contributed by atoms with van der Waals surface area (Å²) in [5.74, 6) is 0.106. The Bertz CT molecular complexity index is 431. The minimum absolute atomic E-state index is 0.106. The fourth-order valence-corrected chi connectivity index (χ4v) is 1.89. The molecule has 0 aliphatic carbocycles. The predicted octanol–water partition coefficient (Wildman–Crippen LogP) is 2.05. The van der Waals surface area contributed by atoms with E-state index in [4.69, 9.17) is 4.74 Å². The molecule has 1 aromatic heterocycles. The molecule has 4 nitrogen and oxygen atoms in total. The van der Waals surface area contributed by atoms with Gasteiger partial charge in [0.2, 0.25) is 0 Å². The van der Waals surface area contributed by atoms with E-state index in [0.29, 0.717) is 26.1 Å². The third-order valence-corrected chi connectivity index (χ3v) is 3.11. The zero-order valence-electron chi connectivity index (χ0n) is 10.2. The van der Waals surface area contributed by atoms with Crippen molar-refractivity contribution in [1.82, 2.24) is 4.98 Å². The lowest BCUT2D eigenvalue weighted by atomic mass is 9.94. The standard InChI is InChI=1S/C12H15F3N2O2/c13-12(14,15)9-1-4-16-10(7-9)17-8-11(18)2-5-19-6-3-11/h1,4,7,18H,2-3,5-6,8H2,(H,16,17). The maximum absolute atomic E-state index is 12.5. The van der Waals surface area contributed by atoms with Gasteiger partial charge in [-0.2, -0.15) is 13.2 Å². The number of rotatable bonds is 3. The molecule has 0 atom stereocenters. The van der Waals surface area contributed by atoms with Crippen LogP contribution >= 0.6 is 0 Å². The maximum Gasteiger partial charge on any atom is 0.416 e. The summed E-state index contributed by atoms with van der Waals surface area (Å²) in [6.07, 6.45) is -2.38. The molecule has 106 valence electrons. The number of nitrogens with zero attached hydrogens (tertiary/aromatic N) is 1. The third-order valence-electron chi connectivity index (χ3n) is 3.11. The average molecular weight is 276 g/mol. The highest BCUT2D eigenvalue weighted by Crippen LogP contribution is 2.30. The number of ether oxygens (including phenoxy) is 1. The van der Waals surface area contributed by atoms with Gasteiger partial charge in [-0.3, -0.25) is 0 Å². The van der Waals surface area contributed by atoms with Crippen LogP contribution in [0.2, 0.25) is 0 Å². The summed E-state index contributed by atoms with van der Waals surface area (Å²) in [6.45, 7) is 1.06. The van der Waals surface area contributed by atoms with E-state index in [1.165, 1.54) is 0 Å². The highest BCUT2D eigenvalue weighted by Gasteiger charge is 2.32. The SMILES string of the molecule is OC1(CNc2cc(C(F)(F)F)ccn2)CCOCC1. The van der Waals surface area contributed by atoms with Crippen molar-refractivity contribution in [3.63, 3.8) is 0 Å². The second-order valence-corrected chi connectivity index (χ2v) is 4.62. The summed E-state index contributed by atoms with van der Waals surface area (Å²) in [6, 6.07) is 1.84. The third kappa shape index (κ3) is 3.81. The van der Waals surface area contributed by atoms with Crippen LogP contribution in [-0.4, -0.2) is 35.5 Å². The lowest BCUT2D eigenvalue weighted by Crippen LogP contribution is -2.42. The van der Waals surface area contributed by atoms with Crippen LogP contribution in [0.1, 0.15) is 18.4 Å². The second kappa shape index (κ2) is 5.34. The minimum atomic E-state index is -4.39. The molecule has 1 saturated heterocycles. The van der Waals surface area contributed by atoms with Crippen molar-refractivity contribution in [1.29, 1.82) is 0 Å². The lowest BCUT2D eigenvalue weighted by molar-refractivity contribution is -0.137. The first-order valence-corrected chi connectivity index (χ1v) is 5.96. The van der Waals surface area contributed by atoms with Crippen LogP contribution in [0.5, 0.6) is 0 Å². The fraction of sp³-hybridized carbons (Fsp3) is 0.583. The number of pyridine rings is 1. The van der Waals surface area contributed by atoms with Crippen LogP contribution < -0.4 is 5.32 Å². The molecule has 0 bridgehead atoms. The van der Waals surface area contributed by atoms with Gasteiger partial charge in [0.1, 0.15) is 5.82 Å². The first-order chi connectivity index (χ1) is 8.89. The summed E-state index contributed by atoms with van der Waals surface area (Å²) >= 11 is 0. The van der Waals surface area contributed by atoms with E-state index < -0.39 is 17.3 Å². The molecule has 1 aliphatic heterocycles. The smallest absolute Gasteiger partial charge is 0.388 e. The van der Waals surface area contributed by atoms with Crippen LogP contribution in [-0.2, 0) is 10.9 Å². The van der Waals surface area contributed by atoms with Crippen LogP contribution in [0.4, 0.5) is 19.0 Å². The first-order valence-electron chi connectivity index (χ1n) is 5.96. The quantitative estimate of drug-likeness (QED) is 0.887. The number of aliphatic hydroxyl groups is 1. The molecule has 2 N–H and O–H groups in total. The van der Waals surface area contributed by atoms with E-state index in [1.54, 1.807) is 0 Å². The van der Waals surface area contributed by atoms with Crippen molar-refractivity contribution in [3.8, 4) is 0 Å². The maximum atomic E-state index is 12.5. The Balaban J connectivity index is 1.99. The molecule has 0 radical (unpaired) electrons. The predicted molar refractivity (Wildman–Crippen MR) is 62.7 cm³/mol. The molecule has 1 aromatic rings. The Morgan fingerprint density at radius 3 is 2.68 bits per heavy atom. The number of alkyl halides is 3. The zero-order valence-corrected chi connectivity index (χ0v) is 10.2. The van der Waals surface area contributed by atoms with Crippen molar-refractivity contribution < 1.29 is 23.0 Å². The number of halogens is 3. The van der Waals surface area contributed by atoms with Gasteiger partial charge in [-0.1, -0.05) is 0 Å². The van der Waals surface area contributed by atoms with E-state index in [0.717, 1.165) is 18.3 Å². The van der Waals surface area contributed by atoms with Crippen molar-refractivity contribution in [3.05, 3.63) is 23.9 Å². The fourth-order valence-electron chi connectivity index (χ4n) is 1.89. The van der Waals surface area contributed by atoms with Crippen molar-refractivity contribution in [2.24, 2.45) is 0 Å². The normalized spacial score (nSPS) is 19.2. The molecular formula is C12H15F3N2O2. The van der Waals surface area contributed by atoms with E-state index in [-0.39, 0.29) is 12.4 Å². The Kier molecular flexibility index (Phi) is 3.96. The zero-order chi connectivity index (χ0) is 13.9. The average Bonchev–Trinajstić information content (AvgIpc) is 2.37. The molecular weight excluding hydrogens is 261 g/mol. The second-order valence-electron chi connectivity index (χ2n) is 4.62. The van der Waals surface area contributed by atoms with Gasteiger partial charge >= 0.3 is 6.18 Å². The summed E-state index contributed by atoms with van der Waals surface area (Å²) in [7, 11) is 0. The molecule has 0 aromatic carbocycles. The van der Waals surface area contributed by atoms with E-state index >= 15 is 0 Å².